The van der Waals surface area contributed by atoms with Crippen molar-refractivity contribution >= 4 is 53.2 Å². The largest absolute Gasteiger partial charge is 0.164 e. The maximum Gasteiger partial charge on any atom is -0.0279 e. The monoisotopic (exact) mass is 766 g/mol. The third-order valence-corrected chi connectivity index (χ3v) is 9.87. The van der Waals surface area contributed by atoms with E-state index in [2.05, 4.69) is 128 Å². The van der Waals surface area contributed by atoms with Crippen LogP contribution in [0.1, 0.15) is 87.2 Å². The number of rotatable bonds is 4. The summed E-state index contributed by atoms with van der Waals surface area (Å²) in [5.74, 6) is 1.57. The number of benzene rings is 4. The van der Waals surface area contributed by atoms with Crippen molar-refractivity contribution in [2.75, 3.05) is 0 Å². The summed E-state index contributed by atoms with van der Waals surface area (Å²) < 4.78 is 0. The summed E-state index contributed by atoms with van der Waals surface area (Å²) in [7, 11) is 0. The zero-order valence-corrected chi connectivity index (χ0v) is 33.7. The van der Waals surface area contributed by atoms with E-state index >= 15 is 0 Å². The first-order valence-electron chi connectivity index (χ1n) is 16.6. The Balaban J connectivity index is 0.000000294. The molecule has 2 aliphatic rings. The van der Waals surface area contributed by atoms with Crippen LogP contribution in [-0.2, 0) is 23.3 Å². The Morgan fingerprint density at radius 1 is 0.458 bits per heavy atom. The van der Waals surface area contributed by atoms with E-state index in [9.17, 15) is 0 Å². The number of hydrogen-bond donors (Lipinski definition) is 0. The molecule has 48 heavy (non-hydrogen) atoms. The predicted molar refractivity (Wildman–Crippen MR) is 215 cm³/mol. The van der Waals surface area contributed by atoms with Gasteiger partial charge < -0.3 is 14.9 Å². The first-order valence-corrected chi connectivity index (χ1v) is 20.8. The van der Waals surface area contributed by atoms with Crippen LogP contribution in [-0.4, -0.2) is 6.88 Å². The van der Waals surface area contributed by atoms with Crippen molar-refractivity contribution in [3.8, 4) is 22.3 Å². The number of hydrogen-bond acceptors (Lipinski definition) is 0. The topological polar surface area (TPSA) is 0 Å². The number of halogens is 2. The number of fused-ring (bicyclic) bond motifs is 2. The molecule has 0 saturated heterocycles. The maximum atomic E-state index is 3.06. The summed E-state index contributed by atoms with van der Waals surface area (Å²) in [5.41, 5.74) is 8.51. The minimum Gasteiger partial charge on any atom is -0.164 e. The van der Waals surface area contributed by atoms with Crippen molar-refractivity contribution < 1.29 is 23.3 Å². The van der Waals surface area contributed by atoms with Crippen LogP contribution in [0.2, 0.25) is 0 Å². The quantitative estimate of drug-likeness (QED) is 0.124. The molecular weight excluding hydrogens is 719 g/mol. The van der Waals surface area contributed by atoms with Gasteiger partial charge in [0.2, 0.25) is 0 Å². The van der Waals surface area contributed by atoms with Gasteiger partial charge in [0, 0.05) is 0 Å². The average molecular weight is 769 g/mol. The van der Waals surface area contributed by atoms with Crippen molar-refractivity contribution in [3.05, 3.63) is 147 Å². The fourth-order valence-corrected chi connectivity index (χ4v) is 7.60. The Hall–Kier alpha value is -2.22. The van der Waals surface area contributed by atoms with Crippen LogP contribution in [0.5, 0.6) is 0 Å². The molecular formula is C44H50Cl2SiZr-4. The van der Waals surface area contributed by atoms with E-state index in [1.165, 1.54) is 131 Å². The predicted octanol–water partition coefficient (Wildman–Crippen LogP) is 13.9. The van der Waals surface area contributed by atoms with Crippen molar-refractivity contribution in [1.82, 2.24) is 0 Å². The molecule has 8 rings (SSSR count). The molecule has 4 heteroatoms. The molecule has 0 amide bonds. The molecule has 2 fully saturated rings. The summed E-state index contributed by atoms with van der Waals surface area (Å²) in [4.78, 5) is 0. The van der Waals surface area contributed by atoms with Crippen molar-refractivity contribution in [1.29, 1.82) is 0 Å². The first kappa shape index (κ1) is 41.9. The minimum atomic E-state index is 0. The second-order valence-corrected chi connectivity index (χ2v) is 12.6. The van der Waals surface area contributed by atoms with Crippen LogP contribution < -0.4 is 0 Å². The van der Waals surface area contributed by atoms with Crippen LogP contribution in [0.25, 0.3) is 43.8 Å². The van der Waals surface area contributed by atoms with Gasteiger partial charge in [-0.25, -0.2) is 0 Å². The third kappa shape index (κ3) is 9.94. The molecule has 0 aromatic heterocycles. The molecule has 0 N–H and O–H groups in total. The second-order valence-electron chi connectivity index (χ2n) is 12.6. The molecule has 0 unspecified atom stereocenters. The van der Waals surface area contributed by atoms with Gasteiger partial charge in [0.05, 0.1) is 0 Å². The van der Waals surface area contributed by atoms with E-state index in [-0.39, 0.29) is 39.7 Å². The van der Waals surface area contributed by atoms with Gasteiger partial charge in [-0.05, 0) is 48.6 Å². The summed E-state index contributed by atoms with van der Waals surface area (Å²) in [6.45, 7) is 3.06. The third-order valence-electron chi connectivity index (χ3n) is 9.87. The standard InChI is InChI=1S/2C21H21.2CH3.2ClH.Si.Zr/c2*1-3-8-16(9-4-1)19-14-18-12-7-13-20(21(18)15-19)17-10-5-2-6-11-17;;;;;;/h2*2,5-7,10-16H,1,3-4,8-9H2;2*1H3;2*1H;;/q4*-1;;;;. The Labute approximate surface area is 319 Å². The summed E-state index contributed by atoms with van der Waals surface area (Å²) in [6.07, 6.45) is 13.9. The van der Waals surface area contributed by atoms with E-state index in [1.807, 2.05) is 0 Å². The van der Waals surface area contributed by atoms with E-state index in [4.69, 9.17) is 0 Å². The van der Waals surface area contributed by atoms with E-state index in [0.717, 1.165) is 11.8 Å². The van der Waals surface area contributed by atoms with Crippen LogP contribution in [0.15, 0.2) is 121 Å². The molecule has 2 aliphatic carbocycles. The van der Waals surface area contributed by atoms with E-state index < -0.39 is 0 Å². The second kappa shape index (κ2) is 21.1. The van der Waals surface area contributed by atoms with Crippen molar-refractivity contribution in [2.24, 2.45) is 0 Å². The van der Waals surface area contributed by atoms with Gasteiger partial charge in [-0.15, -0.1) is 93.9 Å². The Morgan fingerprint density at radius 3 is 1.17 bits per heavy atom. The molecule has 0 aliphatic heterocycles. The van der Waals surface area contributed by atoms with Gasteiger partial charge in [0.1, 0.15) is 0 Å². The molecule has 0 bridgehead atoms. The fraction of sp³-hybridized carbons (Fsp3) is 0.273. The smallest absolute Gasteiger partial charge is 0.0279 e. The van der Waals surface area contributed by atoms with Gasteiger partial charge in [0.25, 0.3) is 0 Å². The van der Waals surface area contributed by atoms with E-state index in [0.29, 0.717) is 0 Å². The molecule has 6 aromatic rings. The van der Waals surface area contributed by atoms with Crippen LogP contribution in [0.4, 0.5) is 0 Å². The molecule has 0 atom stereocenters. The van der Waals surface area contributed by atoms with Crippen LogP contribution in [0.3, 0.4) is 0 Å². The van der Waals surface area contributed by atoms with E-state index in [1.54, 1.807) is 11.1 Å². The fourth-order valence-electron chi connectivity index (χ4n) is 7.60. The van der Waals surface area contributed by atoms with Gasteiger partial charge in [-0.2, -0.15) is 12.1 Å². The normalized spacial score (nSPS) is 14.4. The minimum absolute atomic E-state index is 0. The SMILES string of the molecule is Cl.Cl.[CH3-].[CH3-].[Si]=[Zr].c1ccc(-c2cccc3[cH-]c(C4CCCCC4)cc23)cc1.c1ccc(-c2cccc3[cH-]c(C4CCCCC4)cc23)cc1. The van der Waals surface area contributed by atoms with Gasteiger partial charge in [-0.3, -0.25) is 0 Å². The zero-order chi connectivity index (χ0) is 30.1. The maximum absolute atomic E-state index is 3.06. The molecule has 0 nitrogen and oxygen atoms in total. The summed E-state index contributed by atoms with van der Waals surface area (Å²) in [5, 5.41) is 5.64. The first-order chi connectivity index (χ1) is 21.8. The van der Waals surface area contributed by atoms with Crippen LogP contribution in [0, 0.1) is 14.9 Å². The Bertz CT molecular complexity index is 1630. The van der Waals surface area contributed by atoms with Crippen molar-refractivity contribution in [2.45, 2.75) is 76.0 Å². The van der Waals surface area contributed by atoms with Gasteiger partial charge in [0.15, 0.2) is 0 Å². The zero-order valence-electron chi connectivity index (χ0n) is 28.6. The molecule has 0 spiro atoms. The molecule has 2 saturated carbocycles. The van der Waals surface area contributed by atoms with Gasteiger partial charge in [-0.1, -0.05) is 122 Å². The molecule has 0 heterocycles. The molecule has 2 radical (unpaired) electrons. The summed E-state index contributed by atoms with van der Waals surface area (Å²) in [6, 6.07) is 44.7. The van der Waals surface area contributed by atoms with Crippen LogP contribution >= 0.6 is 24.8 Å². The Morgan fingerprint density at radius 2 is 0.812 bits per heavy atom. The van der Waals surface area contributed by atoms with Crippen molar-refractivity contribution in [3.63, 3.8) is 0 Å². The van der Waals surface area contributed by atoms with Gasteiger partial charge >= 0.3 is 30.2 Å². The summed E-state index contributed by atoms with van der Waals surface area (Å²) >= 11 is 1.36. The molecule has 6 aromatic carbocycles. The average Bonchev–Trinajstić information content (AvgIpc) is 3.76. The molecule has 252 valence electrons. The Kier molecular flexibility index (Phi) is 18.4.